The van der Waals surface area contributed by atoms with Gasteiger partial charge >= 0.3 is 6.18 Å². The Balaban J connectivity index is 1.69. The molecule has 0 amide bonds. The Labute approximate surface area is 137 Å². The molecule has 0 radical (unpaired) electrons. The molecule has 0 fully saturated rings. The van der Waals surface area contributed by atoms with Crippen molar-refractivity contribution in [2.45, 2.75) is 17.0 Å². The van der Waals surface area contributed by atoms with Gasteiger partial charge in [-0.25, -0.2) is 4.98 Å². The van der Waals surface area contributed by atoms with Crippen LogP contribution in [0.3, 0.4) is 0 Å². The van der Waals surface area contributed by atoms with Crippen LogP contribution < -0.4 is 0 Å². The number of hydrogen-bond acceptors (Lipinski definition) is 5. The highest BCUT2D eigenvalue weighted by atomic mass is 35.5. The van der Waals surface area contributed by atoms with Crippen LogP contribution >= 0.6 is 23.4 Å². The quantitative estimate of drug-likeness (QED) is 0.591. The zero-order valence-corrected chi connectivity index (χ0v) is 12.9. The summed E-state index contributed by atoms with van der Waals surface area (Å²) in [5.74, 6) is 1.36. The topological polar surface area (TPSA) is 52.1 Å². The number of rotatable bonds is 4. The third-order valence-electron chi connectivity index (χ3n) is 2.81. The van der Waals surface area contributed by atoms with E-state index in [9.17, 15) is 13.2 Å². The fourth-order valence-corrected chi connectivity index (χ4v) is 2.82. The van der Waals surface area contributed by atoms with Crippen molar-refractivity contribution in [1.29, 1.82) is 0 Å². The van der Waals surface area contributed by atoms with E-state index in [-0.39, 0.29) is 5.02 Å². The van der Waals surface area contributed by atoms with Gasteiger partial charge < -0.3 is 8.94 Å². The zero-order valence-electron chi connectivity index (χ0n) is 11.3. The molecule has 0 saturated heterocycles. The molecule has 120 valence electrons. The van der Waals surface area contributed by atoms with E-state index in [2.05, 4.69) is 10.1 Å². The highest BCUT2D eigenvalue weighted by Crippen LogP contribution is 2.34. The van der Waals surface area contributed by atoms with Crippen LogP contribution in [0.25, 0.3) is 11.5 Å². The first kappa shape index (κ1) is 15.9. The molecular weight excluding hydrogens is 353 g/mol. The van der Waals surface area contributed by atoms with Crippen LogP contribution in [0.4, 0.5) is 13.2 Å². The second-order valence-electron chi connectivity index (χ2n) is 4.46. The van der Waals surface area contributed by atoms with Crippen LogP contribution in [-0.4, -0.2) is 10.1 Å². The van der Waals surface area contributed by atoms with Crippen molar-refractivity contribution in [2.75, 3.05) is 0 Å². The minimum atomic E-state index is -4.47. The van der Waals surface area contributed by atoms with Crippen LogP contribution in [-0.2, 0) is 11.9 Å². The predicted octanol–water partition coefficient (Wildman–Crippen LogP) is 5.29. The average Bonchev–Trinajstić information content (AvgIpc) is 3.16. The molecule has 4 nitrogen and oxygen atoms in total. The third-order valence-corrected chi connectivity index (χ3v) is 4.25. The van der Waals surface area contributed by atoms with E-state index in [1.807, 2.05) is 0 Å². The van der Waals surface area contributed by atoms with Gasteiger partial charge in [-0.05, 0) is 18.2 Å². The summed E-state index contributed by atoms with van der Waals surface area (Å²) in [5, 5.41) is 4.10. The Bertz CT molecular complexity index is 803. The summed E-state index contributed by atoms with van der Waals surface area (Å²) in [4.78, 5) is 3.75. The summed E-state index contributed by atoms with van der Waals surface area (Å²) in [6.45, 7) is 0. The number of furan rings is 1. The van der Waals surface area contributed by atoms with E-state index < -0.39 is 11.7 Å². The summed E-state index contributed by atoms with van der Waals surface area (Å²) in [6.07, 6.45) is -2.20. The largest absolute Gasteiger partial charge is 0.461 e. The van der Waals surface area contributed by atoms with Gasteiger partial charge in [0, 0.05) is 18.0 Å². The molecular formula is C14H8ClF3N2O2S. The van der Waals surface area contributed by atoms with Crippen LogP contribution in [0.1, 0.15) is 11.3 Å². The molecule has 0 aromatic carbocycles. The van der Waals surface area contributed by atoms with Gasteiger partial charge in [-0.1, -0.05) is 28.5 Å². The lowest BCUT2D eigenvalue weighted by Gasteiger charge is -2.08. The molecule has 23 heavy (non-hydrogen) atoms. The monoisotopic (exact) mass is 360 g/mol. The maximum Gasteiger partial charge on any atom is 0.417 e. The Morgan fingerprint density at radius 1 is 1.22 bits per heavy atom. The first-order valence-corrected chi connectivity index (χ1v) is 7.65. The maximum atomic E-state index is 12.6. The minimum Gasteiger partial charge on any atom is -0.461 e. The van der Waals surface area contributed by atoms with Gasteiger partial charge in [0.15, 0.2) is 5.76 Å². The predicted molar refractivity (Wildman–Crippen MR) is 78.0 cm³/mol. The smallest absolute Gasteiger partial charge is 0.417 e. The van der Waals surface area contributed by atoms with Gasteiger partial charge in [-0.15, -0.1) is 0 Å². The lowest BCUT2D eigenvalue weighted by atomic mass is 10.3. The van der Waals surface area contributed by atoms with Crippen molar-refractivity contribution in [2.24, 2.45) is 0 Å². The van der Waals surface area contributed by atoms with E-state index >= 15 is 0 Å². The molecule has 0 unspecified atom stereocenters. The van der Waals surface area contributed by atoms with Crippen molar-refractivity contribution in [3.05, 3.63) is 53.0 Å². The summed E-state index contributed by atoms with van der Waals surface area (Å²) in [5.41, 5.74) is -0.285. The second-order valence-corrected chi connectivity index (χ2v) is 5.83. The maximum absolute atomic E-state index is 12.6. The van der Waals surface area contributed by atoms with Gasteiger partial charge in [0.25, 0.3) is 0 Å². The SMILES string of the molecule is FC(F)(F)c1cnc(SCc2cc(-c3ccco3)on2)c(Cl)c1. The van der Waals surface area contributed by atoms with Gasteiger partial charge in [0.2, 0.25) is 5.76 Å². The van der Waals surface area contributed by atoms with Crippen molar-refractivity contribution in [3.8, 4) is 11.5 Å². The number of pyridine rings is 1. The molecule has 0 bridgehead atoms. The van der Waals surface area contributed by atoms with Crippen LogP contribution in [0, 0.1) is 0 Å². The lowest BCUT2D eigenvalue weighted by Crippen LogP contribution is -2.05. The molecule has 0 spiro atoms. The molecule has 3 rings (SSSR count). The summed E-state index contributed by atoms with van der Waals surface area (Å²) in [6, 6.07) is 5.99. The van der Waals surface area contributed by atoms with Crippen molar-refractivity contribution >= 4 is 23.4 Å². The van der Waals surface area contributed by atoms with Crippen LogP contribution in [0.5, 0.6) is 0 Å². The van der Waals surface area contributed by atoms with Crippen LogP contribution in [0.15, 0.2) is 50.7 Å². The Morgan fingerprint density at radius 2 is 2.04 bits per heavy atom. The summed E-state index contributed by atoms with van der Waals surface area (Å²) in [7, 11) is 0. The van der Waals surface area contributed by atoms with Gasteiger partial charge in [-0.3, -0.25) is 0 Å². The molecule has 0 N–H and O–H groups in total. The van der Waals surface area contributed by atoms with Crippen molar-refractivity contribution in [1.82, 2.24) is 10.1 Å². The molecule has 3 heterocycles. The van der Waals surface area contributed by atoms with E-state index in [0.717, 1.165) is 12.3 Å². The molecule has 0 aliphatic rings. The normalized spacial score (nSPS) is 11.8. The molecule has 0 aliphatic heterocycles. The van der Waals surface area contributed by atoms with E-state index in [0.29, 0.717) is 28.0 Å². The van der Waals surface area contributed by atoms with E-state index in [1.165, 1.54) is 18.0 Å². The molecule has 9 heteroatoms. The second kappa shape index (κ2) is 6.29. The molecule has 0 atom stereocenters. The fourth-order valence-electron chi connectivity index (χ4n) is 1.74. The number of hydrogen-bond donors (Lipinski definition) is 0. The summed E-state index contributed by atoms with van der Waals surface area (Å²) < 4.78 is 48.0. The first-order chi connectivity index (χ1) is 10.9. The number of alkyl halides is 3. The minimum absolute atomic E-state index is 0.0559. The van der Waals surface area contributed by atoms with Gasteiger partial charge in [-0.2, -0.15) is 13.2 Å². The third kappa shape index (κ3) is 3.70. The number of thioether (sulfide) groups is 1. The standard InChI is InChI=1S/C14H8ClF3N2O2S/c15-10-4-8(14(16,17)18)6-19-13(10)23-7-9-5-12(22-20-9)11-2-1-3-21-11/h1-6H,7H2. The fraction of sp³-hybridized carbons (Fsp3) is 0.143. The Kier molecular flexibility index (Phi) is 4.36. The number of aromatic nitrogens is 2. The number of nitrogens with zero attached hydrogens (tertiary/aromatic N) is 2. The molecule has 0 saturated carbocycles. The van der Waals surface area contributed by atoms with E-state index in [4.69, 9.17) is 20.5 Å². The van der Waals surface area contributed by atoms with Crippen LogP contribution in [0.2, 0.25) is 5.02 Å². The van der Waals surface area contributed by atoms with Gasteiger partial charge in [0.1, 0.15) is 5.03 Å². The molecule has 3 aromatic heterocycles. The average molecular weight is 361 g/mol. The van der Waals surface area contributed by atoms with Crippen molar-refractivity contribution < 1.29 is 22.1 Å². The highest BCUT2D eigenvalue weighted by Gasteiger charge is 2.31. The summed E-state index contributed by atoms with van der Waals surface area (Å²) >= 11 is 7.01. The van der Waals surface area contributed by atoms with Gasteiger partial charge in [0.05, 0.1) is 22.5 Å². The molecule has 0 aliphatic carbocycles. The van der Waals surface area contributed by atoms with Crippen molar-refractivity contribution in [3.63, 3.8) is 0 Å². The zero-order chi connectivity index (χ0) is 16.4. The molecule has 3 aromatic rings. The highest BCUT2D eigenvalue weighted by molar-refractivity contribution is 7.98. The van der Waals surface area contributed by atoms with E-state index in [1.54, 1.807) is 18.2 Å². The Hall–Kier alpha value is -1.93. The Morgan fingerprint density at radius 3 is 2.70 bits per heavy atom. The number of halogens is 4. The lowest BCUT2D eigenvalue weighted by molar-refractivity contribution is -0.137. The first-order valence-electron chi connectivity index (χ1n) is 6.28.